The van der Waals surface area contributed by atoms with Crippen LogP contribution in [0.3, 0.4) is 0 Å². The average Bonchev–Trinajstić information content (AvgIpc) is 2.86. The summed E-state index contributed by atoms with van der Waals surface area (Å²) in [6.45, 7) is 4.20. The van der Waals surface area contributed by atoms with Gasteiger partial charge in [-0.2, -0.15) is 0 Å². The van der Waals surface area contributed by atoms with Gasteiger partial charge in [-0.05, 0) is 56.4 Å². The van der Waals surface area contributed by atoms with Crippen molar-refractivity contribution in [2.75, 3.05) is 13.2 Å². The molecule has 0 bridgehead atoms. The third-order valence-electron chi connectivity index (χ3n) is 3.70. The first-order valence-electron chi connectivity index (χ1n) is 7.23. The highest BCUT2D eigenvalue weighted by atomic mass is 16.5. The van der Waals surface area contributed by atoms with Crippen LogP contribution in [0.5, 0.6) is 5.75 Å². The van der Waals surface area contributed by atoms with Gasteiger partial charge in [0.25, 0.3) is 0 Å². The van der Waals surface area contributed by atoms with Crippen molar-refractivity contribution in [3.05, 3.63) is 29.3 Å². The van der Waals surface area contributed by atoms with E-state index in [1.807, 2.05) is 6.07 Å². The summed E-state index contributed by atoms with van der Waals surface area (Å²) in [7, 11) is 0. The molecule has 1 aliphatic rings. The first kappa shape index (κ1) is 14.9. The highest BCUT2D eigenvalue weighted by Gasteiger charge is 2.29. The molecule has 0 amide bonds. The Morgan fingerprint density at radius 2 is 2.10 bits per heavy atom. The number of esters is 1. The van der Waals surface area contributed by atoms with E-state index in [4.69, 9.17) is 15.2 Å². The smallest absolute Gasteiger partial charge is 0.325 e. The van der Waals surface area contributed by atoms with Gasteiger partial charge in [-0.3, -0.25) is 4.79 Å². The second-order valence-corrected chi connectivity index (χ2v) is 5.52. The molecule has 1 aromatic rings. The molecular weight excluding hydrogens is 254 g/mol. The predicted molar refractivity (Wildman–Crippen MR) is 77.8 cm³/mol. The van der Waals surface area contributed by atoms with E-state index in [0.29, 0.717) is 19.6 Å². The van der Waals surface area contributed by atoms with Crippen molar-refractivity contribution in [3.8, 4) is 5.75 Å². The molecule has 0 saturated carbocycles. The first-order chi connectivity index (χ1) is 9.53. The maximum Gasteiger partial charge on any atom is 0.325 e. The molecule has 0 aliphatic heterocycles. The third-order valence-corrected chi connectivity index (χ3v) is 3.70. The van der Waals surface area contributed by atoms with Crippen LogP contribution in [0, 0.1) is 0 Å². The fourth-order valence-corrected chi connectivity index (χ4v) is 2.42. The van der Waals surface area contributed by atoms with E-state index in [1.54, 1.807) is 13.8 Å². The molecule has 2 N–H and O–H groups in total. The molecule has 0 saturated heterocycles. The highest BCUT2D eigenvalue weighted by molar-refractivity contribution is 5.79. The lowest BCUT2D eigenvalue weighted by molar-refractivity contribution is -0.149. The summed E-state index contributed by atoms with van der Waals surface area (Å²) < 4.78 is 10.7. The number of carbonyl (C=O) groups excluding carboxylic acids is 1. The van der Waals surface area contributed by atoms with E-state index in [0.717, 1.165) is 12.2 Å². The zero-order valence-corrected chi connectivity index (χ0v) is 12.3. The standard InChI is InChI=1S/C16H23NO3/c1-3-19-15(18)16(2,17)9-10-20-14-8-7-12-5-4-6-13(12)11-14/h7-8,11H,3-6,9-10,17H2,1-2H3. The van der Waals surface area contributed by atoms with E-state index in [2.05, 4.69) is 12.1 Å². The summed E-state index contributed by atoms with van der Waals surface area (Å²) in [6.07, 6.45) is 3.95. The number of nitrogens with two attached hydrogens (primary N) is 1. The topological polar surface area (TPSA) is 61.5 Å². The Labute approximate surface area is 120 Å². The average molecular weight is 277 g/mol. The number of carbonyl (C=O) groups is 1. The van der Waals surface area contributed by atoms with Crippen LogP contribution in [0.4, 0.5) is 0 Å². The van der Waals surface area contributed by atoms with E-state index in [1.165, 1.54) is 24.0 Å². The van der Waals surface area contributed by atoms with Gasteiger partial charge in [-0.15, -0.1) is 0 Å². The number of aryl methyl sites for hydroxylation is 2. The van der Waals surface area contributed by atoms with Crippen molar-refractivity contribution in [1.29, 1.82) is 0 Å². The Morgan fingerprint density at radius 1 is 1.35 bits per heavy atom. The summed E-state index contributed by atoms with van der Waals surface area (Å²) in [5.41, 5.74) is 7.75. The fourth-order valence-electron chi connectivity index (χ4n) is 2.42. The lowest BCUT2D eigenvalue weighted by Crippen LogP contribution is -2.47. The number of benzene rings is 1. The van der Waals surface area contributed by atoms with E-state index >= 15 is 0 Å². The van der Waals surface area contributed by atoms with Gasteiger partial charge in [0.1, 0.15) is 11.3 Å². The number of fused-ring (bicyclic) bond motifs is 1. The van der Waals surface area contributed by atoms with Crippen LogP contribution in [0.2, 0.25) is 0 Å². The van der Waals surface area contributed by atoms with Crippen molar-refractivity contribution in [2.45, 2.75) is 45.1 Å². The van der Waals surface area contributed by atoms with Gasteiger partial charge in [-0.25, -0.2) is 0 Å². The maximum atomic E-state index is 11.7. The predicted octanol–water partition coefficient (Wildman–Crippen LogP) is 2.22. The lowest BCUT2D eigenvalue weighted by Gasteiger charge is -2.22. The second-order valence-electron chi connectivity index (χ2n) is 5.52. The van der Waals surface area contributed by atoms with Crippen molar-refractivity contribution < 1.29 is 14.3 Å². The molecule has 110 valence electrons. The molecule has 1 atom stereocenters. The molecule has 2 rings (SSSR count). The monoisotopic (exact) mass is 277 g/mol. The SMILES string of the molecule is CCOC(=O)C(C)(N)CCOc1ccc2c(c1)CCC2. The van der Waals surface area contributed by atoms with Crippen LogP contribution in [-0.4, -0.2) is 24.7 Å². The van der Waals surface area contributed by atoms with Crippen LogP contribution in [0.25, 0.3) is 0 Å². The van der Waals surface area contributed by atoms with Crippen molar-refractivity contribution in [2.24, 2.45) is 5.73 Å². The highest BCUT2D eigenvalue weighted by Crippen LogP contribution is 2.26. The zero-order chi connectivity index (χ0) is 14.6. The van der Waals surface area contributed by atoms with E-state index < -0.39 is 5.54 Å². The molecule has 0 heterocycles. The van der Waals surface area contributed by atoms with Crippen molar-refractivity contribution >= 4 is 5.97 Å². The third kappa shape index (κ3) is 3.51. The molecule has 0 spiro atoms. The molecular formula is C16H23NO3. The summed E-state index contributed by atoms with van der Waals surface area (Å²) in [4.78, 5) is 11.7. The van der Waals surface area contributed by atoms with Crippen LogP contribution in [-0.2, 0) is 22.4 Å². The van der Waals surface area contributed by atoms with Gasteiger partial charge in [-0.1, -0.05) is 6.07 Å². The van der Waals surface area contributed by atoms with Gasteiger partial charge in [0, 0.05) is 6.42 Å². The first-order valence-corrected chi connectivity index (χ1v) is 7.23. The molecule has 1 aromatic carbocycles. The molecule has 4 nitrogen and oxygen atoms in total. The number of ether oxygens (including phenoxy) is 2. The lowest BCUT2D eigenvalue weighted by atomic mass is 10.0. The summed E-state index contributed by atoms with van der Waals surface area (Å²) in [6, 6.07) is 6.22. The fraction of sp³-hybridized carbons (Fsp3) is 0.562. The Balaban J connectivity index is 1.85. The minimum Gasteiger partial charge on any atom is -0.493 e. The minimum absolute atomic E-state index is 0.345. The number of hydrogen-bond donors (Lipinski definition) is 1. The Kier molecular flexibility index (Phi) is 4.65. The van der Waals surface area contributed by atoms with Crippen LogP contribution < -0.4 is 10.5 Å². The van der Waals surface area contributed by atoms with Crippen LogP contribution in [0.15, 0.2) is 18.2 Å². The molecule has 1 aliphatic carbocycles. The van der Waals surface area contributed by atoms with Crippen molar-refractivity contribution in [3.63, 3.8) is 0 Å². The van der Waals surface area contributed by atoms with Gasteiger partial charge < -0.3 is 15.2 Å². The van der Waals surface area contributed by atoms with Crippen molar-refractivity contribution in [1.82, 2.24) is 0 Å². The molecule has 1 unspecified atom stereocenters. The van der Waals surface area contributed by atoms with Gasteiger partial charge in [0.15, 0.2) is 0 Å². The normalized spacial score (nSPS) is 16.4. The van der Waals surface area contributed by atoms with E-state index in [9.17, 15) is 4.79 Å². The Hall–Kier alpha value is -1.55. The molecule has 0 radical (unpaired) electrons. The Bertz CT molecular complexity index is 483. The summed E-state index contributed by atoms with van der Waals surface area (Å²) in [5, 5.41) is 0. The molecule has 4 heteroatoms. The second kappa shape index (κ2) is 6.27. The van der Waals surface area contributed by atoms with Gasteiger partial charge in [0.2, 0.25) is 0 Å². The van der Waals surface area contributed by atoms with Gasteiger partial charge >= 0.3 is 5.97 Å². The maximum absolute atomic E-state index is 11.7. The van der Waals surface area contributed by atoms with E-state index in [-0.39, 0.29) is 5.97 Å². The summed E-state index contributed by atoms with van der Waals surface area (Å²) in [5.74, 6) is 0.475. The quantitative estimate of drug-likeness (QED) is 0.810. The number of hydrogen-bond acceptors (Lipinski definition) is 4. The molecule has 0 aromatic heterocycles. The zero-order valence-electron chi connectivity index (χ0n) is 12.3. The molecule has 0 fully saturated rings. The molecule has 20 heavy (non-hydrogen) atoms. The van der Waals surface area contributed by atoms with Crippen LogP contribution >= 0.6 is 0 Å². The van der Waals surface area contributed by atoms with Gasteiger partial charge in [0.05, 0.1) is 13.2 Å². The van der Waals surface area contributed by atoms with Crippen LogP contribution in [0.1, 0.15) is 37.8 Å². The summed E-state index contributed by atoms with van der Waals surface area (Å²) >= 11 is 0. The minimum atomic E-state index is -0.993. The number of rotatable bonds is 6. The largest absolute Gasteiger partial charge is 0.493 e. The Morgan fingerprint density at radius 3 is 2.85 bits per heavy atom.